The molecule has 0 aromatic carbocycles. The summed E-state index contributed by atoms with van der Waals surface area (Å²) in [5, 5.41) is 0. The van der Waals surface area contributed by atoms with E-state index in [-0.39, 0.29) is 12.6 Å². The second-order valence-electron chi connectivity index (χ2n) is 3.17. The Morgan fingerprint density at radius 2 is 1.18 bits per heavy atom. The number of ether oxygens (including phenoxy) is 5. The zero-order valence-corrected chi connectivity index (χ0v) is 10.6. The van der Waals surface area contributed by atoms with Crippen molar-refractivity contribution in [1.82, 2.24) is 0 Å². The Labute approximate surface area is 102 Å². The van der Waals surface area contributed by atoms with Gasteiger partial charge in [0.05, 0.1) is 46.2 Å². The van der Waals surface area contributed by atoms with Crippen LogP contribution in [0.5, 0.6) is 0 Å². The molecule has 0 aromatic heterocycles. The summed E-state index contributed by atoms with van der Waals surface area (Å²) in [5.74, 6) is -0.293. The number of esters is 1. The predicted octanol–water partition coefficient (Wildman–Crippen LogP) is 0.246. The van der Waals surface area contributed by atoms with E-state index < -0.39 is 0 Å². The van der Waals surface area contributed by atoms with Crippen LogP contribution < -0.4 is 0 Å². The first-order valence-corrected chi connectivity index (χ1v) is 5.63. The van der Waals surface area contributed by atoms with Crippen LogP contribution in [0.4, 0.5) is 0 Å². The van der Waals surface area contributed by atoms with Crippen molar-refractivity contribution in [2.24, 2.45) is 0 Å². The number of methoxy groups -OCH3 is 1. The maximum absolute atomic E-state index is 10.4. The van der Waals surface area contributed by atoms with Gasteiger partial charge in [0.25, 0.3) is 0 Å². The minimum Gasteiger partial charge on any atom is -0.463 e. The van der Waals surface area contributed by atoms with Gasteiger partial charge in [0.15, 0.2) is 0 Å². The average molecular weight is 250 g/mol. The summed E-state index contributed by atoms with van der Waals surface area (Å²) in [5.41, 5.74) is 0. The van der Waals surface area contributed by atoms with Crippen LogP contribution >= 0.6 is 0 Å². The Balaban J connectivity index is 2.91. The van der Waals surface area contributed by atoms with Gasteiger partial charge >= 0.3 is 5.97 Å². The highest BCUT2D eigenvalue weighted by Crippen LogP contribution is 1.83. The molecule has 0 fully saturated rings. The molecule has 17 heavy (non-hydrogen) atoms. The standard InChI is InChI=1S/C11H22O6/c1-11(12)17-10-9-16-8-7-15-6-5-14-4-3-13-2/h3-10H2,1-2H3. The molecule has 0 saturated carbocycles. The van der Waals surface area contributed by atoms with Crippen molar-refractivity contribution in [3.63, 3.8) is 0 Å². The lowest BCUT2D eigenvalue weighted by atomic mass is 10.7. The third kappa shape index (κ3) is 15.3. The first kappa shape index (κ1) is 16.3. The van der Waals surface area contributed by atoms with Gasteiger partial charge in [0.1, 0.15) is 6.61 Å². The molecule has 0 rings (SSSR count). The van der Waals surface area contributed by atoms with Crippen LogP contribution in [0.25, 0.3) is 0 Å². The Kier molecular flexibility index (Phi) is 12.8. The van der Waals surface area contributed by atoms with E-state index in [0.717, 1.165) is 0 Å². The van der Waals surface area contributed by atoms with Gasteiger partial charge in [-0.15, -0.1) is 0 Å². The van der Waals surface area contributed by atoms with Gasteiger partial charge in [-0.25, -0.2) is 0 Å². The molecule has 0 heterocycles. The fourth-order valence-electron chi connectivity index (χ4n) is 0.928. The van der Waals surface area contributed by atoms with E-state index >= 15 is 0 Å². The lowest BCUT2D eigenvalue weighted by molar-refractivity contribution is -0.142. The molecule has 0 aliphatic heterocycles. The fraction of sp³-hybridized carbons (Fsp3) is 0.909. The molecule has 0 aliphatic carbocycles. The largest absolute Gasteiger partial charge is 0.463 e. The highest BCUT2D eigenvalue weighted by molar-refractivity contribution is 5.65. The van der Waals surface area contributed by atoms with E-state index in [0.29, 0.717) is 46.2 Å². The second-order valence-corrected chi connectivity index (χ2v) is 3.17. The summed E-state index contributed by atoms with van der Waals surface area (Å²) in [6.45, 7) is 5.31. The van der Waals surface area contributed by atoms with Crippen LogP contribution in [0.3, 0.4) is 0 Å². The Morgan fingerprint density at radius 1 is 0.765 bits per heavy atom. The van der Waals surface area contributed by atoms with Crippen molar-refractivity contribution in [2.45, 2.75) is 6.92 Å². The lowest BCUT2D eigenvalue weighted by Gasteiger charge is -2.06. The van der Waals surface area contributed by atoms with Gasteiger partial charge < -0.3 is 23.7 Å². The second kappa shape index (κ2) is 13.4. The predicted molar refractivity (Wildman–Crippen MR) is 61.0 cm³/mol. The van der Waals surface area contributed by atoms with Crippen LogP contribution in [-0.4, -0.2) is 65.9 Å². The lowest BCUT2D eigenvalue weighted by Crippen LogP contribution is -2.13. The average Bonchev–Trinajstić information content (AvgIpc) is 2.30. The van der Waals surface area contributed by atoms with E-state index in [1.165, 1.54) is 6.92 Å². The number of carbonyl (C=O) groups is 1. The number of carbonyl (C=O) groups excluding carboxylic acids is 1. The normalized spacial score (nSPS) is 10.5. The van der Waals surface area contributed by atoms with Crippen molar-refractivity contribution in [3.05, 3.63) is 0 Å². The Morgan fingerprint density at radius 3 is 1.59 bits per heavy atom. The Bertz CT molecular complexity index is 173. The molecule has 0 spiro atoms. The number of hydrogen-bond donors (Lipinski definition) is 0. The quantitative estimate of drug-likeness (QED) is 0.365. The van der Waals surface area contributed by atoms with Gasteiger partial charge in [-0.2, -0.15) is 0 Å². The molecule has 102 valence electrons. The van der Waals surface area contributed by atoms with Crippen LogP contribution in [0, 0.1) is 0 Å². The van der Waals surface area contributed by atoms with Gasteiger partial charge in [0, 0.05) is 14.0 Å². The van der Waals surface area contributed by atoms with Crippen molar-refractivity contribution in [2.75, 3.05) is 60.0 Å². The van der Waals surface area contributed by atoms with Gasteiger partial charge in [-0.3, -0.25) is 4.79 Å². The monoisotopic (exact) mass is 250 g/mol. The van der Waals surface area contributed by atoms with E-state index in [1.807, 2.05) is 0 Å². The molecule has 0 aliphatic rings. The molecule has 0 unspecified atom stereocenters. The van der Waals surface area contributed by atoms with Crippen LogP contribution in [-0.2, 0) is 28.5 Å². The van der Waals surface area contributed by atoms with Crippen LogP contribution in [0.1, 0.15) is 6.92 Å². The summed E-state index contributed by atoms with van der Waals surface area (Å²) < 4.78 is 25.1. The summed E-state index contributed by atoms with van der Waals surface area (Å²) >= 11 is 0. The first-order valence-electron chi connectivity index (χ1n) is 5.63. The fourth-order valence-corrected chi connectivity index (χ4v) is 0.928. The Hall–Kier alpha value is -0.690. The SMILES string of the molecule is COCCOCCOCCOCCOC(C)=O. The number of hydrogen-bond acceptors (Lipinski definition) is 6. The van der Waals surface area contributed by atoms with E-state index in [4.69, 9.17) is 18.9 Å². The summed E-state index contributed by atoms with van der Waals surface area (Å²) in [7, 11) is 1.63. The molecule has 0 N–H and O–H groups in total. The van der Waals surface area contributed by atoms with Crippen LogP contribution in [0.2, 0.25) is 0 Å². The van der Waals surface area contributed by atoms with Gasteiger partial charge in [0.2, 0.25) is 0 Å². The van der Waals surface area contributed by atoms with Crippen molar-refractivity contribution >= 4 is 5.97 Å². The molecular formula is C11H22O6. The van der Waals surface area contributed by atoms with Crippen molar-refractivity contribution in [3.8, 4) is 0 Å². The molecule has 6 nitrogen and oxygen atoms in total. The molecule has 0 bridgehead atoms. The highest BCUT2D eigenvalue weighted by atomic mass is 16.6. The third-order valence-corrected chi connectivity index (χ3v) is 1.71. The topological polar surface area (TPSA) is 63.2 Å². The van der Waals surface area contributed by atoms with Crippen molar-refractivity contribution < 1.29 is 28.5 Å². The third-order valence-electron chi connectivity index (χ3n) is 1.71. The van der Waals surface area contributed by atoms with Crippen molar-refractivity contribution in [1.29, 1.82) is 0 Å². The maximum Gasteiger partial charge on any atom is 0.302 e. The minimum atomic E-state index is -0.293. The van der Waals surface area contributed by atoms with E-state index in [9.17, 15) is 4.79 Å². The van der Waals surface area contributed by atoms with Crippen LogP contribution in [0.15, 0.2) is 0 Å². The molecule has 0 amide bonds. The van der Waals surface area contributed by atoms with Gasteiger partial charge in [-0.05, 0) is 0 Å². The minimum absolute atomic E-state index is 0.287. The summed E-state index contributed by atoms with van der Waals surface area (Å²) in [6.07, 6.45) is 0. The molecule has 6 heteroatoms. The summed E-state index contributed by atoms with van der Waals surface area (Å²) in [4.78, 5) is 10.4. The first-order chi connectivity index (χ1) is 8.27. The van der Waals surface area contributed by atoms with Gasteiger partial charge in [-0.1, -0.05) is 0 Å². The van der Waals surface area contributed by atoms with E-state index in [1.54, 1.807) is 7.11 Å². The molecule has 0 atom stereocenters. The molecule has 0 saturated heterocycles. The zero-order valence-electron chi connectivity index (χ0n) is 10.6. The molecule has 0 radical (unpaired) electrons. The summed E-state index contributed by atoms with van der Waals surface area (Å²) in [6, 6.07) is 0. The molecular weight excluding hydrogens is 228 g/mol. The maximum atomic E-state index is 10.4. The zero-order chi connectivity index (χ0) is 12.8. The smallest absolute Gasteiger partial charge is 0.302 e. The highest BCUT2D eigenvalue weighted by Gasteiger charge is 1.93. The van der Waals surface area contributed by atoms with E-state index in [2.05, 4.69) is 4.74 Å². The molecule has 0 aromatic rings. The number of rotatable bonds is 12.